The van der Waals surface area contributed by atoms with E-state index in [4.69, 9.17) is 0 Å². The van der Waals surface area contributed by atoms with Gasteiger partial charge in [-0.05, 0) is 35.2 Å². The van der Waals surface area contributed by atoms with Gasteiger partial charge in [0.25, 0.3) is 0 Å². The molecule has 2 aromatic rings. The molecule has 0 aliphatic carbocycles. The summed E-state index contributed by atoms with van der Waals surface area (Å²) in [4.78, 5) is 2.52. The third kappa shape index (κ3) is 3.59. The number of benzene rings is 2. The van der Waals surface area contributed by atoms with Crippen molar-refractivity contribution in [3.63, 3.8) is 0 Å². The highest BCUT2D eigenvalue weighted by molar-refractivity contribution is 9.10. The Balaban J connectivity index is 0.00000133. The van der Waals surface area contributed by atoms with Gasteiger partial charge in [-0.2, -0.15) is 0 Å². The molecule has 0 spiro atoms. The van der Waals surface area contributed by atoms with Crippen LogP contribution >= 0.6 is 28.3 Å². The summed E-state index contributed by atoms with van der Waals surface area (Å²) >= 11 is 3.48. The Labute approximate surface area is 129 Å². The van der Waals surface area contributed by atoms with Crippen LogP contribution in [0.4, 0.5) is 0 Å². The van der Waals surface area contributed by atoms with Crippen molar-refractivity contribution >= 4 is 28.3 Å². The lowest BCUT2D eigenvalue weighted by Gasteiger charge is -2.28. The lowest BCUT2D eigenvalue weighted by Crippen LogP contribution is -2.29. The van der Waals surface area contributed by atoms with Crippen molar-refractivity contribution in [3.8, 4) is 0 Å². The summed E-state index contributed by atoms with van der Waals surface area (Å²) in [6.45, 7) is 3.28. The highest BCUT2D eigenvalue weighted by atomic mass is 79.9. The van der Waals surface area contributed by atoms with Crippen LogP contribution in [0.5, 0.6) is 0 Å². The Morgan fingerprint density at radius 1 is 0.947 bits per heavy atom. The van der Waals surface area contributed by atoms with E-state index in [1.165, 1.54) is 23.1 Å². The fourth-order valence-corrected chi connectivity index (χ4v) is 2.80. The summed E-state index contributed by atoms with van der Waals surface area (Å²) < 4.78 is 1.15. The van der Waals surface area contributed by atoms with E-state index < -0.39 is 0 Å². The number of halogens is 2. The van der Waals surface area contributed by atoms with Gasteiger partial charge >= 0.3 is 0 Å². The largest absolute Gasteiger partial charge is 0.294 e. The molecular formula is C16H17BrClN. The van der Waals surface area contributed by atoms with Gasteiger partial charge in [-0.1, -0.05) is 52.3 Å². The molecule has 0 saturated heterocycles. The quantitative estimate of drug-likeness (QED) is 0.783. The minimum atomic E-state index is 0. The highest BCUT2D eigenvalue weighted by Gasteiger charge is 2.15. The van der Waals surface area contributed by atoms with Crippen LogP contribution in [0.3, 0.4) is 0 Å². The molecule has 0 bridgehead atoms. The first kappa shape index (κ1) is 14.6. The summed E-state index contributed by atoms with van der Waals surface area (Å²) in [5.41, 5.74) is 4.39. The SMILES string of the molecule is Brc1ccc(CN2CCc3ccccc3C2)cc1.Cl. The minimum absolute atomic E-state index is 0. The van der Waals surface area contributed by atoms with Crippen LogP contribution in [0, 0.1) is 0 Å². The molecule has 0 atom stereocenters. The van der Waals surface area contributed by atoms with Gasteiger partial charge in [0.2, 0.25) is 0 Å². The summed E-state index contributed by atoms with van der Waals surface area (Å²) in [7, 11) is 0. The lowest BCUT2D eigenvalue weighted by molar-refractivity contribution is 0.245. The molecule has 100 valence electrons. The number of fused-ring (bicyclic) bond motifs is 1. The van der Waals surface area contributed by atoms with E-state index in [1.807, 2.05) is 0 Å². The smallest absolute Gasteiger partial charge is 0.0240 e. The molecule has 2 aromatic carbocycles. The maximum Gasteiger partial charge on any atom is 0.0240 e. The first-order valence-corrected chi connectivity index (χ1v) is 7.14. The molecule has 3 heteroatoms. The van der Waals surface area contributed by atoms with Crippen LogP contribution in [-0.2, 0) is 19.5 Å². The van der Waals surface area contributed by atoms with Crippen molar-refractivity contribution in [2.45, 2.75) is 19.5 Å². The van der Waals surface area contributed by atoms with Gasteiger partial charge in [0, 0.05) is 24.1 Å². The van der Waals surface area contributed by atoms with Crippen molar-refractivity contribution in [3.05, 3.63) is 69.7 Å². The number of nitrogens with zero attached hydrogens (tertiary/aromatic N) is 1. The Morgan fingerprint density at radius 2 is 1.63 bits per heavy atom. The summed E-state index contributed by atoms with van der Waals surface area (Å²) in [5, 5.41) is 0. The molecular weight excluding hydrogens is 322 g/mol. The van der Waals surface area contributed by atoms with Crippen LogP contribution in [0.2, 0.25) is 0 Å². The maximum absolute atomic E-state index is 3.48. The Bertz CT molecular complexity index is 539. The predicted molar refractivity (Wildman–Crippen MR) is 85.7 cm³/mol. The summed E-state index contributed by atoms with van der Waals surface area (Å²) in [6.07, 6.45) is 1.17. The molecule has 0 saturated carbocycles. The molecule has 1 aliphatic heterocycles. The lowest BCUT2D eigenvalue weighted by atomic mass is 9.99. The van der Waals surface area contributed by atoms with E-state index >= 15 is 0 Å². The minimum Gasteiger partial charge on any atom is -0.294 e. The van der Waals surface area contributed by atoms with Crippen molar-refractivity contribution in [1.82, 2.24) is 4.90 Å². The molecule has 0 unspecified atom stereocenters. The molecule has 1 aliphatic rings. The van der Waals surface area contributed by atoms with E-state index in [2.05, 4.69) is 69.4 Å². The zero-order valence-corrected chi connectivity index (χ0v) is 13.1. The molecule has 19 heavy (non-hydrogen) atoms. The molecule has 3 rings (SSSR count). The average Bonchev–Trinajstić information content (AvgIpc) is 2.41. The topological polar surface area (TPSA) is 3.24 Å². The number of rotatable bonds is 2. The van der Waals surface area contributed by atoms with Crippen molar-refractivity contribution < 1.29 is 0 Å². The number of hydrogen-bond donors (Lipinski definition) is 0. The van der Waals surface area contributed by atoms with E-state index in [0.717, 1.165) is 24.1 Å². The summed E-state index contributed by atoms with van der Waals surface area (Å²) in [5.74, 6) is 0. The van der Waals surface area contributed by atoms with Crippen molar-refractivity contribution in [2.75, 3.05) is 6.54 Å². The second kappa shape index (κ2) is 6.56. The Kier molecular flexibility index (Phi) is 5.03. The third-order valence-electron chi connectivity index (χ3n) is 3.53. The maximum atomic E-state index is 3.48. The van der Waals surface area contributed by atoms with Crippen LogP contribution in [0.15, 0.2) is 53.0 Å². The fraction of sp³-hybridized carbons (Fsp3) is 0.250. The van der Waals surface area contributed by atoms with Gasteiger partial charge in [-0.3, -0.25) is 4.90 Å². The molecule has 0 N–H and O–H groups in total. The van der Waals surface area contributed by atoms with Crippen LogP contribution in [0.1, 0.15) is 16.7 Å². The standard InChI is InChI=1S/C16H16BrN.ClH/c17-16-7-5-13(6-8-16)11-18-10-9-14-3-1-2-4-15(14)12-18;/h1-8H,9-12H2;1H. The van der Waals surface area contributed by atoms with Crippen molar-refractivity contribution in [2.24, 2.45) is 0 Å². The van der Waals surface area contributed by atoms with Crippen LogP contribution in [-0.4, -0.2) is 11.4 Å². The second-order valence-corrected chi connectivity index (χ2v) is 5.77. The van der Waals surface area contributed by atoms with E-state index in [9.17, 15) is 0 Å². The first-order valence-electron chi connectivity index (χ1n) is 6.35. The van der Waals surface area contributed by atoms with Crippen LogP contribution < -0.4 is 0 Å². The molecule has 0 aromatic heterocycles. The van der Waals surface area contributed by atoms with Gasteiger partial charge in [0.05, 0.1) is 0 Å². The molecule has 0 amide bonds. The average molecular weight is 339 g/mol. The van der Waals surface area contributed by atoms with Crippen molar-refractivity contribution in [1.29, 1.82) is 0 Å². The van der Waals surface area contributed by atoms with E-state index in [-0.39, 0.29) is 12.4 Å². The zero-order chi connectivity index (χ0) is 12.4. The monoisotopic (exact) mass is 337 g/mol. The van der Waals surface area contributed by atoms with Gasteiger partial charge < -0.3 is 0 Å². The zero-order valence-electron chi connectivity index (χ0n) is 10.7. The Morgan fingerprint density at radius 3 is 2.37 bits per heavy atom. The van der Waals surface area contributed by atoms with Crippen LogP contribution in [0.25, 0.3) is 0 Å². The first-order chi connectivity index (χ1) is 8.81. The highest BCUT2D eigenvalue weighted by Crippen LogP contribution is 2.20. The molecule has 0 radical (unpaired) electrons. The molecule has 1 heterocycles. The fourth-order valence-electron chi connectivity index (χ4n) is 2.54. The molecule has 0 fully saturated rings. The van der Waals surface area contributed by atoms with Gasteiger partial charge in [0.1, 0.15) is 0 Å². The van der Waals surface area contributed by atoms with Gasteiger partial charge in [0.15, 0.2) is 0 Å². The Hall–Kier alpha value is -0.830. The molecule has 1 nitrogen and oxygen atoms in total. The van der Waals surface area contributed by atoms with Gasteiger partial charge in [-0.15, -0.1) is 12.4 Å². The third-order valence-corrected chi connectivity index (χ3v) is 4.06. The van der Waals surface area contributed by atoms with Gasteiger partial charge in [-0.25, -0.2) is 0 Å². The van der Waals surface area contributed by atoms with E-state index in [1.54, 1.807) is 0 Å². The predicted octanol–water partition coefficient (Wildman–Crippen LogP) is 4.43. The second-order valence-electron chi connectivity index (χ2n) is 4.86. The normalized spacial score (nSPS) is 14.6. The number of hydrogen-bond acceptors (Lipinski definition) is 1. The summed E-state index contributed by atoms with van der Waals surface area (Å²) in [6, 6.07) is 17.4. The van der Waals surface area contributed by atoms with E-state index in [0.29, 0.717) is 0 Å².